The number of aliphatic hydroxyl groups excluding tert-OH is 1. The molecule has 0 spiro atoms. The fraction of sp³-hybridized carbons (Fsp3) is 0.400. The maximum absolute atomic E-state index is 10.8. The standard InChI is InChI=1S/C30H38O2/c1-2-3-4-5-6-7-17-24-29(31)25-32-30(26-18-11-8-12-19-26,27-20-13-9-14-21-27)28-22-15-10-16-23-28/h8-16,18-23,29,31H,2-7,17,24-25H2,1H3/t29-/m0/s1. The van der Waals surface area contributed by atoms with Crippen LogP contribution in [0.5, 0.6) is 0 Å². The highest BCUT2D eigenvalue weighted by Gasteiger charge is 2.37. The van der Waals surface area contributed by atoms with Crippen LogP contribution in [0.2, 0.25) is 0 Å². The van der Waals surface area contributed by atoms with E-state index in [0.29, 0.717) is 6.61 Å². The molecule has 0 saturated carbocycles. The van der Waals surface area contributed by atoms with E-state index in [0.717, 1.165) is 29.5 Å². The van der Waals surface area contributed by atoms with E-state index in [1.165, 1.54) is 38.5 Å². The molecule has 1 N–H and O–H groups in total. The maximum atomic E-state index is 10.8. The van der Waals surface area contributed by atoms with Gasteiger partial charge in [0.25, 0.3) is 0 Å². The summed E-state index contributed by atoms with van der Waals surface area (Å²) >= 11 is 0. The zero-order valence-corrected chi connectivity index (χ0v) is 19.5. The third-order valence-electron chi connectivity index (χ3n) is 6.17. The van der Waals surface area contributed by atoms with Crippen molar-refractivity contribution in [2.45, 2.75) is 70.0 Å². The Bertz CT molecular complexity index is 764. The van der Waals surface area contributed by atoms with Gasteiger partial charge in [-0.05, 0) is 23.1 Å². The minimum Gasteiger partial charge on any atom is -0.391 e. The molecular weight excluding hydrogens is 392 g/mol. The second-order valence-electron chi connectivity index (χ2n) is 8.65. The first-order valence-electron chi connectivity index (χ1n) is 12.3. The predicted molar refractivity (Wildman–Crippen MR) is 134 cm³/mol. The van der Waals surface area contributed by atoms with E-state index >= 15 is 0 Å². The molecule has 0 fully saturated rings. The normalized spacial score (nSPS) is 12.6. The van der Waals surface area contributed by atoms with Crippen LogP contribution in [0, 0.1) is 0 Å². The molecule has 0 aliphatic heterocycles. The summed E-state index contributed by atoms with van der Waals surface area (Å²) < 4.78 is 6.71. The van der Waals surface area contributed by atoms with Crippen LogP contribution in [0.25, 0.3) is 0 Å². The topological polar surface area (TPSA) is 29.5 Å². The molecule has 2 nitrogen and oxygen atoms in total. The highest BCUT2D eigenvalue weighted by Crippen LogP contribution is 2.40. The molecule has 32 heavy (non-hydrogen) atoms. The first-order valence-corrected chi connectivity index (χ1v) is 12.3. The summed E-state index contributed by atoms with van der Waals surface area (Å²) in [5, 5.41) is 10.8. The molecule has 3 rings (SSSR count). The zero-order chi connectivity index (χ0) is 22.5. The fourth-order valence-electron chi connectivity index (χ4n) is 4.41. The summed E-state index contributed by atoms with van der Waals surface area (Å²) in [4.78, 5) is 0. The van der Waals surface area contributed by atoms with E-state index in [4.69, 9.17) is 4.74 Å². The molecule has 0 amide bonds. The van der Waals surface area contributed by atoms with Crippen LogP contribution in [0.4, 0.5) is 0 Å². The Morgan fingerprint density at radius 3 is 1.47 bits per heavy atom. The van der Waals surface area contributed by atoms with Gasteiger partial charge in [0.05, 0.1) is 12.7 Å². The average molecular weight is 431 g/mol. The van der Waals surface area contributed by atoms with Crippen LogP contribution in [0.3, 0.4) is 0 Å². The molecule has 3 aromatic rings. The van der Waals surface area contributed by atoms with Gasteiger partial charge in [-0.1, -0.05) is 143 Å². The highest BCUT2D eigenvalue weighted by atomic mass is 16.5. The van der Waals surface area contributed by atoms with E-state index in [2.05, 4.69) is 43.3 Å². The Morgan fingerprint density at radius 1 is 0.625 bits per heavy atom. The SMILES string of the molecule is CCCCCCCCC[C@H](O)COC(c1ccccc1)(c1ccccc1)c1ccccc1. The van der Waals surface area contributed by atoms with Crippen molar-refractivity contribution < 1.29 is 9.84 Å². The van der Waals surface area contributed by atoms with Crippen LogP contribution < -0.4 is 0 Å². The molecule has 0 aliphatic rings. The largest absolute Gasteiger partial charge is 0.391 e. The summed E-state index contributed by atoms with van der Waals surface area (Å²) in [5.41, 5.74) is 2.45. The maximum Gasteiger partial charge on any atom is 0.143 e. The quantitative estimate of drug-likeness (QED) is 0.212. The van der Waals surface area contributed by atoms with Crippen LogP contribution in [0.15, 0.2) is 91.0 Å². The van der Waals surface area contributed by atoms with Gasteiger partial charge >= 0.3 is 0 Å². The zero-order valence-electron chi connectivity index (χ0n) is 19.5. The van der Waals surface area contributed by atoms with Gasteiger partial charge in [0.1, 0.15) is 5.60 Å². The lowest BCUT2D eigenvalue weighted by Crippen LogP contribution is -2.35. The Labute approximate surface area is 194 Å². The van der Waals surface area contributed by atoms with E-state index in [-0.39, 0.29) is 0 Å². The van der Waals surface area contributed by atoms with Gasteiger partial charge in [-0.15, -0.1) is 0 Å². The molecule has 3 aromatic carbocycles. The molecule has 0 saturated heterocycles. The second kappa shape index (κ2) is 13.2. The van der Waals surface area contributed by atoms with E-state index in [1.54, 1.807) is 0 Å². The van der Waals surface area contributed by atoms with Crippen molar-refractivity contribution in [2.75, 3.05) is 6.61 Å². The number of rotatable bonds is 14. The van der Waals surface area contributed by atoms with Gasteiger partial charge in [0.15, 0.2) is 0 Å². The van der Waals surface area contributed by atoms with Gasteiger partial charge in [-0.3, -0.25) is 0 Å². The molecule has 0 aromatic heterocycles. The van der Waals surface area contributed by atoms with Crippen LogP contribution >= 0.6 is 0 Å². The van der Waals surface area contributed by atoms with Gasteiger partial charge in [-0.2, -0.15) is 0 Å². The summed E-state index contributed by atoms with van der Waals surface area (Å²) in [6, 6.07) is 31.1. The lowest BCUT2D eigenvalue weighted by atomic mass is 9.80. The van der Waals surface area contributed by atoms with Crippen molar-refractivity contribution in [3.8, 4) is 0 Å². The van der Waals surface area contributed by atoms with E-state index in [9.17, 15) is 5.11 Å². The Balaban J connectivity index is 1.75. The van der Waals surface area contributed by atoms with Crippen LogP contribution in [-0.2, 0) is 10.3 Å². The number of unbranched alkanes of at least 4 members (excludes halogenated alkanes) is 6. The van der Waals surface area contributed by atoms with Crippen molar-refractivity contribution in [3.63, 3.8) is 0 Å². The summed E-state index contributed by atoms with van der Waals surface area (Å²) in [7, 11) is 0. The molecule has 2 heteroatoms. The monoisotopic (exact) mass is 430 g/mol. The smallest absolute Gasteiger partial charge is 0.143 e. The lowest BCUT2D eigenvalue weighted by Gasteiger charge is -2.36. The number of hydrogen-bond donors (Lipinski definition) is 1. The fourth-order valence-corrected chi connectivity index (χ4v) is 4.41. The minimum atomic E-state index is -0.759. The Kier molecular flexibility index (Phi) is 9.99. The van der Waals surface area contributed by atoms with Crippen LogP contribution in [0.1, 0.15) is 75.0 Å². The highest BCUT2D eigenvalue weighted by molar-refractivity contribution is 5.47. The molecule has 0 bridgehead atoms. The number of hydrogen-bond acceptors (Lipinski definition) is 2. The number of benzene rings is 3. The molecule has 0 radical (unpaired) electrons. The van der Waals surface area contributed by atoms with Crippen molar-refractivity contribution in [1.82, 2.24) is 0 Å². The van der Waals surface area contributed by atoms with Gasteiger partial charge in [0, 0.05) is 0 Å². The molecule has 0 aliphatic carbocycles. The van der Waals surface area contributed by atoms with Gasteiger partial charge in [0.2, 0.25) is 0 Å². The Hall–Kier alpha value is -2.42. The Morgan fingerprint density at radius 2 is 1.03 bits per heavy atom. The lowest BCUT2D eigenvalue weighted by molar-refractivity contribution is -0.0405. The molecule has 0 heterocycles. The van der Waals surface area contributed by atoms with Crippen molar-refractivity contribution in [1.29, 1.82) is 0 Å². The first kappa shape index (κ1) is 24.2. The molecule has 0 unspecified atom stereocenters. The summed E-state index contributed by atoms with van der Waals surface area (Å²) in [6.07, 6.45) is 9.04. The number of ether oxygens (including phenoxy) is 1. The molecule has 1 atom stereocenters. The number of aliphatic hydroxyl groups is 1. The summed E-state index contributed by atoms with van der Waals surface area (Å²) in [5.74, 6) is 0. The van der Waals surface area contributed by atoms with E-state index < -0.39 is 11.7 Å². The summed E-state index contributed by atoms with van der Waals surface area (Å²) in [6.45, 7) is 2.55. The van der Waals surface area contributed by atoms with Crippen LogP contribution in [-0.4, -0.2) is 17.8 Å². The first-order chi connectivity index (χ1) is 15.8. The van der Waals surface area contributed by atoms with Crippen molar-refractivity contribution in [2.24, 2.45) is 0 Å². The second-order valence-corrected chi connectivity index (χ2v) is 8.65. The van der Waals surface area contributed by atoms with Crippen molar-refractivity contribution in [3.05, 3.63) is 108 Å². The molecule has 170 valence electrons. The molecular formula is C30H38O2. The van der Waals surface area contributed by atoms with Gasteiger partial charge in [-0.25, -0.2) is 0 Å². The minimum absolute atomic E-state index is 0.300. The predicted octanol–water partition coefficient (Wildman–Crippen LogP) is 7.50. The van der Waals surface area contributed by atoms with Gasteiger partial charge < -0.3 is 9.84 Å². The van der Waals surface area contributed by atoms with E-state index in [1.807, 2.05) is 54.6 Å². The van der Waals surface area contributed by atoms with Crippen molar-refractivity contribution >= 4 is 0 Å². The third kappa shape index (κ3) is 6.54. The average Bonchev–Trinajstić information content (AvgIpc) is 2.86. The third-order valence-corrected chi connectivity index (χ3v) is 6.17.